The number of benzene rings is 1. The van der Waals surface area contributed by atoms with Crippen molar-refractivity contribution < 1.29 is 0 Å². The minimum absolute atomic E-state index is 0.762. The smallest absolute Gasteiger partial charge is 0.0175 e. The van der Waals surface area contributed by atoms with E-state index in [1.165, 1.54) is 55.1 Å². The third-order valence-corrected chi connectivity index (χ3v) is 5.97. The minimum Gasteiger partial charge on any atom is -0.314 e. The predicted molar refractivity (Wildman–Crippen MR) is 89.0 cm³/mol. The average molecular weight is 336 g/mol. The van der Waals surface area contributed by atoms with Crippen LogP contribution in [0.1, 0.15) is 56.9 Å². The third kappa shape index (κ3) is 3.46. The summed E-state index contributed by atoms with van der Waals surface area (Å²) >= 11 is 3.51. The van der Waals surface area contributed by atoms with Gasteiger partial charge in [-0.3, -0.25) is 0 Å². The van der Waals surface area contributed by atoms with E-state index >= 15 is 0 Å². The number of halogens is 1. The van der Waals surface area contributed by atoms with Gasteiger partial charge in [0.15, 0.2) is 0 Å². The third-order valence-electron chi connectivity index (χ3n) is 5.44. The second-order valence-electron chi connectivity index (χ2n) is 6.85. The molecule has 2 atom stereocenters. The fourth-order valence-corrected chi connectivity index (χ4v) is 4.07. The van der Waals surface area contributed by atoms with Crippen LogP contribution >= 0.6 is 15.9 Å². The first-order valence-electron chi connectivity index (χ1n) is 8.21. The van der Waals surface area contributed by atoms with Gasteiger partial charge in [0.05, 0.1) is 0 Å². The Balaban J connectivity index is 1.41. The van der Waals surface area contributed by atoms with E-state index in [2.05, 4.69) is 52.4 Å². The van der Waals surface area contributed by atoms with Crippen LogP contribution in [0, 0.1) is 11.8 Å². The molecule has 2 fully saturated rings. The normalized spacial score (nSPS) is 33.7. The first-order chi connectivity index (χ1) is 9.72. The molecular weight excluding hydrogens is 310 g/mol. The van der Waals surface area contributed by atoms with Crippen molar-refractivity contribution >= 4 is 15.9 Å². The van der Waals surface area contributed by atoms with Crippen LogP contribution in [0.2, 0.25) is 0 Å². The lowest BCUT2D eigenvalue weighted by molar-refractivity contribution is 0.213. The molecule has 20 heavy (non-hydrogen) atoms. The summed E-state index contributed by atoms with van der Waals surface area (Å²) in [5.74, 6) is 2.64. The van der Waals surface area contributed by atoms with Crippen molar-refractivity contribution in [1.82, 2.24) is 5.32 Å². The summed E-state index contributed by atoms with van der Waals surface area (Å²) in [6.45, 7) is 3.69. The Morgan fingerprint density at radius 1 is 1.10 bits per heavy atom. The van der Waals surface area contributed by atoms with E-state index in [4.69, 9.17) is 0 Å². The molecule has 0 saturated heterocycles. The summed E-state index contributed by atoms with van der Waals surface area (Å²) in [5.41, 5.74) is 1.51. The highest BCUT2D eigenvalue weighted by atomic mass is 79.9. The molecule has 0 radical (unpaired) electrons. The molecule has 2 aliphatic rings. The summed E-state index contributed by atoms with van der Waals surface area (Å²) < 4.78 is 1.18. The van der Waals surface area contributed by atoms with Gasteiger partial charge < -0.3 is 5.32 Å². The number of hydrogen-bond acceptors (Lipinski definition) is 1. The molecule has 1 aromatic carbocycles. The molecule has 0 bridgehead atoms. The quantitative estimate of drug-likeness (QED) is 0.805. The molecule has 110 valence electrons. The maximum atomic E-state index is 3.82. The van der Waals surface area contributed by atoms with Crippen molar-refractivity contribution in [2.24, 2.45) is 11.8 Å². The van der Waals surface area contributed by atoms with E-state index in [0.29, 0.717) is 0 Å². The van der Waals surface area contributed by atoms with Gasteiger partial charge in [-0.1, -0.05) is 54.2 Å². The first kappa shape index (κ1) is 14.6. The lowest BCUT2D eigenvalue weighted by Gasteiger charge is -2.38. The number of nitrogens with one attached hydrogen (secondary N) is 1. The summed E-state index contributed by atoms with van der Waals surface area (Å²) in [5, 5.41) is 3.82. The van der Waals surface area contributed by atoms with E-state index < -0.39 is 0 Å². The largest absolute Gasteiger partial charge is 0.314 e. The van der Waals surface area contributed by atoms with Gasteiger partial charge in [0, 0.05) is 10.5 Å². The first-order valence-corrected chi connectivity index (χ1v) is 9.00. The zero-order chi connectivity index (χ0) is 13.9. The lowest BCUT2D eigenvalue weighted by atomic mass is 9.75. The Hall–Kier alpha value is -0.340. The fourth-order valence-electron chi connectivity index (χ4n) is 3.81. The SMILES string of the molecule is CC1CCCCC1CNC1CC(c2ccc(Br)cc2)C1. The average Bonchev–Trinajstić information content (AvgIpc) is 2.41. The Morgan fingerprint density at radius 3 is 2.50 bits per heavy atom. The molecule has 1 N–H and O–H groups in total. The zero-order valence-electron chi connectivity index (χ0n) is 12.4. The molecular formula is C18H26BrN. The van der Waals surface area contributed by atoms with Gasteiger partial charge in [-0.2, -0.15) is 0 Å². The highest BCUT2D eigenvalue weighted by molar-refractivity contribution is 9.10. The molecule has 0 heterocycles. The van der Waals surface area contributed by atoms with Gasteiger partial charge in [0.25, 0.3) is 0 Å². The van der Waals surface area contributed by atoms with Crippen LogP contribution in [0.3, 0.4) is 0 Å². The molecule has 0 spiro atoms. The van der Waals surface area contributed by atoms with Gasteiger partial charge in [0.2, 0.25) is 0 Å². The van der Waals surface area contributed by atoms with Crippen LogP contribution in [-0.4, -0.2) is 12.6 Å². The van der Waals surface area contributed by atoms with E-state index in [1.807, 2.05) is 0 Å². The Morgan fingerprint density at radius 2 is 1.80 bits per heavy atom. The van der Waals surface area contributed by atoms with Crippen molar-refractivity contribution in [2.75, 3.05) is 6.54 Å². The highest BCUT2D eigenvalue weighted by Crippen LogP contribution is 2.38. The molecule has 3 rings (SSSR count). The second kappa shape index (κ2) is 6.62. The Kier molecular flexibility index (Phi) is 4.83. The van der Waals surface area contributed by atoms with Gasteiger partial charge >= 0.3 is 0 Å². The van der Waals surface area contributed by atoms with Gasteiger partial charge in [-0.15, -0.1) is 0 Å². The number of hydrogen-bond donors (Lipinski definition) is 1. The van der Waals surface area contributed by atoms with E-state index in [-0.39, 0.29) is 0 Å². The highest BCUT2D eigenvalue weighted by Gasteiger charge is 2.31. The molecule has 2 aliphatic carbocycles. The molecule has 1 nitrogen and oxygen atoms in total. The van der Waals surface area contributed by atoms with Crippen molar-refractivity contribution in [3.8, 4) is 0 Å². The van der Waals surface area contributed by atoms with E-state index in [1.54, 1.807) is 0 Å². The number of rotatable bonds is 4. The van der Waals surface area contributed by atoms with Crippen LogP contribution in [0.15, 0.2) is 28.7 Å². The fraction of sp³-hybridized carbons (Fsp3) is 0.667. The van der Waals surface area contributed by atoms with Crippen LogP contribution in [0.5, 0.6) is 0 Å². The van der Waals surface area contributed by atoms with Crippen molar-refractivity contribution in [3.63, 3.8) is 0 Å². The standard InChI is InChI=1S/C18H26BrN/c1-13-4-2-3-5-15(13)12-20-18-10-16(11-18)14-6-8-17(19)9-7-14/h6-9,13,15-16,18,20H,2-5,10-12H2,1H3. The van der Waals surface area contributed by atoms with Gasteiger partial charge in [-0.05, 0) is 61.3 Å². The van der Waals surface area contributed by atoms with Crippen LogP contribution in [-0.2, 0) is 0 Å². The lowest BCUT2D eigenvalue weighted by Crippen LogP contribution is -2.43. The van der Waals surface area contributed by atoms with Crippen LogP contribution < -0.4 is 5.32 Å². The Bertz CT molecular complexity index is 422. The summed E-state index contributed by atoms with van der Waals surface area (Å²) in [6.07, 6.45) is 8.43. The van der Waals surface area contributed by atoms with Gasteiger partial charge in [0.1, 0.15) is 0 Å². The predicted octanol–water partition coefficient (Wildman–Crippen LogP) is 5.11. The van der Waals surface area contributed by atoms with E-state index in [9.17, 15) is 0 Å². The molecule has 2 saturated carbocycles. The summed E-state index contributed by atoms with van der Waals surface area (Å²) in [4.78, 5) is 0. The topological polar surface area (TPSA) is 12.0 Å². The van der Waals surface area contributed by atoms with Crippen LogP contribution in [0.4, 0.5) is 0 Å². The second-order valence-corrected chi connectivity index (χ2v) is 7.76. The molecule has 0 aliphatic heterocycles. The zero-order valence-corrected chi connectivity index (χ0v) is 14.0. The van der Waals surface area contributed by atoms with Crippen LogP contribution in [0.25, 0.3) is 0 Å². The molecule has 0 aromatic heterocycles. The van der Waals surface area contributed by atoms with Crippen molar-refractivity contribution in [1.29, 1.82) is 0 Å². The van der Waals surface area contributed by atoms with Gasteiger partial charge in [-0.25, -0.2) is 0 Å². The molecule has 2 unspecified atom stereocenters. The van der Waals surface area contributed by atoms with Crippen molar-refractivity contribution in [3.05, 3.63) is 34.3 Å². The van der Waals surface area contributed by atoms with Crippen molar-refractivity contribution in [2.45, 2.75) is 57.4 Å². The molecule has 0 amide bonds. The monoisotopic (exact) mass is 335 g/mol. The Labute approximate surface area is 131 Å². The maximum absolute atomic E-state index is 3.82. The van der Waals surface area contributed by atoms with E-state index in [0.717, 1.165) is 23.8 Å². The molecule has 1 aromatic rings. The summed E-state index contributed by atoms with van der Waals surface area (Å²) in [7, 11) is 0. The minimum atomic E-state index is 0.762. The molecule has 2 heteroatoms. The summed E-state index contributed by atoms with van der Waals surface area (Å²) in [6, 6.07) is 9.64. The maximum Gasteiger partial charge on any atom is 0.0175 e.